The number of ether oxygens (including phenoxy) is 1. The van der Waals surface area contributed by atoms with Gasteiger partial charge in [-0.15, -0.1) is 0 Å². The van der Waals surface area contributed by atoms with Crippen LogP contribution in [0.1, 0.15) is 30.7 Å². The molecule has 3 heterocycles. The van der Waals surface area contributed by atoms with Crippen molar-refractivity contribution in [3.63, 3.8) is 0 Å². The Bertz CT molecular complexity index is 711. The van der Waals surface area contributed by atoms with E-state index in [1.807, 2.05) is 35.6 Å². The maximum Gasteiger partial charge on any atom is 0.223 e. The highest BCUT2D eigenvalue weighted by atomic mass is 16.5. The molecule has 0 saturated heterocycles. The summed E-state index contributed by atoms with van der Waals surface area (Å²) in [5, 5.41) is 0. The molecule has 1 fully saturated rings. The molecular formula is C19H24N4O2. The fourth-order valence-corrected chi connectivity index (χ4v) is 3.36. The van der Waals surface area contributed by atoms with E-state index < -0.39 is 0 Å². The first-order valence-corrected chi connectivity index (χ1v) is 9.02. The molecule has 6 nitrogen and oxygen atoms in total. The Hall–Kier alpha value is -2.21. The van der Waals surface area contributed by atoms with Gasteiger partial charge >= 0.3 is 0 Å². The number of pyridine rings is 1. The van der Waals surface area contributed by atoms with Gasteiger partial charge in [0.05, 0.1) is 19.8 Å². The van der Waals surface area contributed by atoms with Gasteiger partial charge in [-0.25, -0.2) is 4.98 Å². The van der Waals surface area contributed by atoms with Crippen LogP contribution in [0.3, 0.4) is 0 Å². The third kappa shape index (κ3) is 4.25. The van der Waals surface area contributed by atoms with E-state index in [4.69, 9.17) is 4.74 Å². The number of rotatable bonds is 6. The number of carbonyl (C=O) groups excluding carboxylic acids is 1. The molecule has 6 heteroatoms. The predicted octanol–water partition coefficient (Wildman–Crippen LogP) is 2.25. The third-order valence-corrected chi connectivity index (χ3v) is 4.93. The van der Waals surface area contributed by atoms with Gasteiger partial charge in [-0.05, 0) is 30.4 Å². The van der Waals surface area contributed by atoms with Crippen LogP contribution in [0.25, 0.3) is 0 Å². The molecule has 4 rings (SSSR count). The number of hydrogen-bond acceptors (Lipinski definition) is 4. The van der Waals surface area contributed by atoms with E-state index in [1.54, 1.807) is 6.20 Å². The van der Waals surface area contributed by atoms with Crippen LogP contribution in [0.4, 0.5) is 0 Å². The minimum absolute atomic E-state index is 0.260. The van der Waals surface area contributed by atoms with Crippen molar-refractivity contribution >= 4 is 5.91 Å². The van der Waals surface area contributed by atoms with Crippen molar-refractivity contribution in [3.05, 3.63) is 48.3 Å². The van der Waals surface area contributed by atoms with Gasteiger partial charge < -0.3 is 14.2 Å². The fourth-order valence-electron chi connectivity index (χ4n) is 3.36. The lowest BCUT2D eigenvalue weighted by atomic mass is 10.1. The van der Waals surface area contributed by atoms with E-state index >= 15 is 0 Å². The molecule has 1 amide bonds. The van der Waals surface area contributed by atoms with E-state index in [0.717, 1.165) is 24.5 Å². The molecule has 132 valence electrons. The quantitative estimate of drug-likeness (QED) is 0.809. The molecule has 0 N–H and O–H groups in total. The van der Waals surface area contributed by atoms with Gasteiger partial charge in [0, 0.05) is 50.2 Å². The van der Waals surface area contributed by atoms with E-state index in [1.165, 1.54) is 12.8 Å². The van der Waals surface area contributed by atoms with Crippen molar-refractivity contribution in [1.29, 1.82) is 0 Å². The lowest BCUT2D eigenvalue weighted by molar-refractivity contribution is -0.133. The van der Waals surface area contributed by atoms with Gasteiger partial charge in [-0.3, -0.25) is 9.78 Å². The van der Waals surface area contributed by atoms with Crippen molar-refractivity contribution in [1.82, 2.24) is 19.4 Å². The number of amides is 1. The van der Waals surface area contributed by atoms with Crippen molar-refractivity contribution < 1.29 is 9.53 Å². The Morgan fingerprint density at radius 2 is 2.16 bits per heavy atom. The van der Waals surface area contributed by atoms with Gasteiger partial charge in [0.15, 0.2) is 0 Å². The highest BCUT2D eigenvalue weighted by Gasteiger charge is 2.30. The standard InChI is InChI=1S/C19H24N4O2/c24-19(8-15-3-4-15)23-11-17(10-22-7-6-21-18(22)12-23)14-25-13-16-2-1-5-20-9-16/h1-2,5-7,9,15,17H,3-4,8,10-14H2. The lowest BCUT2D eigenvalue weighted by Gasteiger charge is -2.24. The molecule has 1 aliphatic heterocycles. The van der Waals surface area contributed by atoms with Crippen LogP contribution in [0, 0.1) is 11.8 Å². The average molecular weight is 340 g/mol. The van der Waals surface area contributed by atoms with Crippen molar-refractivity contribution in [2.75, 3.05) is 13.2 Å². The van der Waals surface area contributed by atoms with Gasteiger partial charge in [0.1, 0.15) is 5.82 Å². The molecule has 0 aromatic carbocycles. The largest absolute Gasteiger partial charge is 0.376 e. The summed E-state index contributed by atoms with van der Waals surface area (Å²) >= 11 is 0. The highest BCUT2D eigenvalue weighted by Crippen LogP contribution is 2.33. The summed E-state index contributed by atoms with van der Waals surface area (Å²) in [7, 11) is 0. The van der Waals surface area contributed by atoms with Crippen molar-refractivity contribution in [2.24, 2.45) is 11.8 Å². The number of nitrogens with zero attached hydrogens (tertiary/aromatic N) is 4. The van der Waals surface area contributed by atoms with Crippen LogP contribution in [-0.4, -0.2) is 38.5 Å². The maximum atomic E-state index is 12.6. The van der Waals surface area contributed by atoms with Gasteiger partial charge in [0.2, 0.25) is 5.91 Å². The molecule has 2 aromatic rings. The van der Waals surface area contributed by atoms with Gasteiger partial charge in [0.25, 0.3) is 0 Å². The van der Waals surface area contributed by atoms with Crippen LogP contribution in [0.15, 0.2) is 36.9 Å². The Morgan fingerprint density at radius 1 is 1.24 bits per heavy atom. The Kier molecular flexibility index (Phi) is 4.78. The summed E-state index contributed by atoms with van der Waals surface area (Å²) in [6, 6.07) is 3.93. The molecule has 1 unspecified atom stereocenters. The van der Waals surface area contributed by atoms with E-state index in [2.05, 4.69) is 14.5 Å². The molecule has 1 atom stereocenters. The summed E-state index contributed by atoms with van der Waals surface area (Å²) in [6.07, 6.45) is 10.5. The molecule has 1 aliphatic carbocycles. The fraction of sp³-hybridized carbons (Fsp3) is 0.526. The highest BCUT2D eigenvalue weighted by molar-refractivity contribution is 5.76. The monoisotopic (exact) mass is 340 g/mol. The second-order valence-electron chi connectivity index (χ2n) is 7.16. The summed E-state index contributed by atoms with van der Waals surface area (Å²) in [4.78, 5) is 23.1. The van der Waals surface area contributed by atoms with Crippen LogP contribution < -0.4 is 0 Å². The van der Waals surface area contributed by atoms with E-state index in [9.17, 15) is 4.79 Å². The second kappa shape index (κ2) is 7.35. The topological polar surface area (TPSA) is 60.2 Å². The van der Waals surface area contributed by atoms with Crippen LogP contribution in [0.5, 0.6) is 0 Å². The first-order valence-electron chi connectivity index (χ1n) is 9.02. The third-order valence-electron chi connectivity index (χ3n) is 4.93. The first-order chi connectivity index (χ1) is 12.3. The second-order valence-corrected chi connectivity index (χ2v) is 7.16. The predicted molar refractivity (Wildman–Crippen MR) is 92.4 cm³/mol. The summed E-state index contributed by atoms with van der Waals surface area (Å²) in [5.41, 5.74) is 1.07. The molecule has 0 spiro atoms. The van der Waals surface area contributed by atoms with Crippen molar-refractivity contribution in [2.45, 2.75) is 39.0 Å². The summed E-state index contributed by atoms with van der Waals surface area (Å²) in [6.45, 7) is 3.37. The number of carbonyl (C=O) groups is 1. The summed E-state index contributed by atoms with van der Waals surface area (Å²) < 4.78 is 8.07. The van der Waals surface area contributed by atoms with Crippen LogP contribution in [0.2, 0.25) is 0 Å². The number of aromatic nitrogens is 3. The minimum atomic E-state index is 0.260. The Labute approximate surface area is 147 Å². The number of fused-ring (bicyclic) bond motifs is 1. The molecule has 2 aliphatic rings. The molecule has 1 saturated carbocycles. The van der Waals surface area contributed by atoms with Crippen LogP contribution >= 0.6 is 0 Å². The molecule has 0 radical (unpaired) electrons. The maximum absolute atomic E-state index is 12.6. The Morgan fingerprint density at radius 3 is 2.96 bits per heavy atom. The number of hydrogen-bond donors (Lipinski definition) is 0. The van der Waals surface area contributed by atoms with Crippen molar-refractivity contribution in [3.8, 4) is 0 Å². The molecule has 25 heavy (non-hydrogen) atoms. The molecule has 2 aromatic heterocycles. The Balaban J connectivity index is 1.38. The number of imidazole rings is 1. The summed E-state index contributed by atoms with van der Waals surface area (Å²) in [5.74, 6) is 2.11. The van der Waals surface area contributed by atoms with Gasteiger partial charge in [-0.1, -0.05) is 6.07 Å². The SMILES string of the molecule is O=C(CC1CC1)N1Cc2nccn2CC(COCc2cccnc2)C1. The molecule has 0 bridgehead atoms. The normalized spacial score (nSPS) is 20.2. The zero-order valence-corrected chi connectivity index (χ0v) is 14.4. The minimum Gasteiger partial charge on any atom is -0.376 e. The smallest absolute Gasteiger partial charge is 0.223 e. The van der Waals surface area contributed by atoms with Crippen LogP contribution in [-0.2, 0) is 29.2 Å². The van der Waals surface area contributed by atoms with E-state index in [-0.39, 0.29) is 11.8 Å². The zero-order chi connectivity index (χ0) is 17.1. The van der Waals surface area contributed by atoms with Gasteiger partial charge in [-0.2, -0.15) is 0 Å². The first kappa shape index (κ1) is 16.3. The average Bonchev–Trinajstić information content (AvgIpc) is 3.37. The molecular weight excluding hydrogens is 316 g/mol. The zero-order valence-electron chi connectivity index (χ0n) is 14.4. The lowest BCUT2D eigenvalue weighted by Crippen LogP contribution is -2.35. The van der Waals surface area contributed by atoms with E-state index in [0.29, 0.717) is 32.1 Å².